The summed E-state index contributed by atoms with van der Waals surface area (Å²) < 4.78 is 0. The molecule has 0 amide bonds. The van der Waals surface area contributed by atoms with E-state index in [2.05, 4.69) is 19.9 Å². The Morgan fingerprint density at radius 1 is 1.23 bits per heavy atom. The molecule has 0 atom stereocenters. The Morgan fingerprint density at radius 3 is 1.92 bits per heavy atom. The molecule has 0 aromatic carbocycles. The molecule has 0 saturated heterocycles. The first-order chi connectivity index (χ1) is 6.18. The fourth-order valence-corrected chi connectivity index (χ4v) is 0.682. The van der Waals surface area contributed by atoms with Gasteiger partial charge in [-0.25, -0.2) is 0 Å². The Labute approximate surface area is 81.9 Å². The van der Waals surface area contributed by atoms with E-state index in [1.165, 1.54) is 0 Å². The summed E-state index contributed by atoms with van der Waals surface area (Å²) in [7, 11) is 0. The molecule has 2 heteroatoms. The van der Waals surface area contributed by atoms with Crippen LogP contribution >= 0.6 is 0 Å². The van der Waals surface area contributed by atoms with Gasteiger partial charge in [-0.3, -0.25) is 0 Å². The molecule has 0 aromatic heterocycles. The number of nitriles is 1. The van der Waals surface area contributed by atoms with Gasteiger partial charge in [0.25, 0.3) is 0 Å². The average molecular weight is 183 g/mol. The third kappa shape index (κ3) is 24.7. The fraction of sp³-hybridized carbons (Fsp3) is 0.818. The number of nitrogens with zero attached hydrogens (tertiary/aromatic N) is 1. The normalized spacial score (nSPS) is 8.15. The zero-order valence-corrected chi connectivity index (χ0v) is 9.10. The van der Waals surface area contributed by atoms with E-state index >= 15 is 0 Å². The van der Waals surface area contributed by atoms with E-state index in [9.17, 15) is 4.79 Å². The summed E-state index contributed by atoms with van der Waals surface area (Å²) in [6.45, 7) is 5.80. The third-order valence-corrected chi connectivity index (χ3v) is 1.52. The predicted octanol–water partition coefficient (Wildman–Crippen LogP) is 3.47. The van der Waals surface area contributed by atoms with Crippen LogP contribution in [0.15, 0.2) is 0 Å². The summed E-state index contributed by atoms with van der Waals surface area (Å²) in [5, 5.41) is 7.95. The maximum absolute atomic E-state index is 10.2. The van der Waals surface area contributed by atoms with Gasteiger partial charge in [-0.05, 0) is 19.8 Å². The second kappa shape index (κ2) is 13.7. The van der Waals surface area contributed by atoms with E-state index in [0.29, 0.717) is 5.78 Å². The maximum Gasteiger partial charge on any atom is 0.129 e. The Bertz CT molecular complexity index is 147. The van der Waals surface area contributed by atoms with Crippen molar-refractivity contribution in [1.82, 2.24) is 0 Å². The van der Waals surface area contributed by atoms with Gasteiger partial charge in [-0.1, -0.05) is 26.7 Å². The van der Waals surface area contributed by atoms with Crippen LogP contribution < -0.4 is 0 Å². The van der Waals surface area contributed by atoms with Crippen LogP contribution in [0.25, 0.3) is 0 Å². The number of hydrogen-bond acceptors (Lipinski definition) is 2. The van der Waals surface area contributed by atoms with Gasteiger partial charge in [0.15, 0.2) is 0 Å². The largest absolute Gasteiger partial charge is 0.300 e. The van der Waals surface area contributed by atoms with Crippen molar-refractivity contribution in [2.45, 2.75) is 59.3 Å². The lowest BCUT2D eigenvalue weighted by atomic mass is 10.2. The molecule has 0 rings (SSSR count). The number of Topliss-reactive ketones (excluding diaryl/α,β-unsaturated/α-hetero) is 1. The number of ketones is 1. The molecule has 13 heavy (non-hydrogen) atoms. The van der Waals surface area contributed by atoms with Crippen LogP contribution in [0.2, 0.25) is 0 Å². The molecule has 0 aliphatic heterocycles. The smallest absolute Gasteiger partial charge is 0.129 e. The average Bonchev–Trinajstić information content (AvgIpc) is 2.12. The first-order valence-corrected chi connectivity index (χ1v) is 5.05. The van der Waals surface area contributed by atoms with Gasteiger partial charge in [0.1, 0.15) is 5.78 Å². The van der Waals surface area contributed by atoms with Gasteiger partial charge in [0, 0.05) is 12.8 Å². The summed E-state index contributed by atoms with van der Waals surface area (Å²) >= 11 is 0. The topological polar surface area (TPSA) is 40.9 Å². The van der Waals surface area contributed by atoms with Crippen molar-refractivity contribution in [3.05, 3.63) is 0 Å². The van der Waals surface area contributed by atoms with Crippen molar-refractivity contribution in [3.63, 3.8) is 0 Å². The molecule has 0 bridgehead atoms. The van der Waals surface area contributed by atoms with E-state index in [0.717, 1.165) is 38.5 Å². The molecule has 0 N–H and O–H groups in total. The van der Waals surface area contributed by atoms with Crippen LogP contribution in [0, 0.1) is 11.3 Å². The lowest BCUT2D eigenvalue weighted by molar-refractivity contribution is -0.117. The molecule has 0 unspecified atom stereocenters. The molecule has 76 valence electrons. The lowest BCUT2D eigenvalue weighted by Gasteiger charge is -1.86. The van der Waals surface area contributed by atoms with Crippen molar-refractivity contribution in [3.8, 4) is 6.07 Å². The van der Waals surface area contributed by atoms with Gasteiger partial charge >= 0.3 is 0 Å². The first-order valence-electron chi connectivity index (χ1n) is 5.05. The number of carbonyl (C=O) groups is 1. The first kappa shape index (κ1) is 14.7. The minimum absolute atomic E-state index is 0.307. The van der Waals surface area contributed by atoms with E-state index in [4.69, 9.17) is 5.26 Å². The zero-order chi connectivity index (χ0) is 10.5. The number of rotatable bonds is 5. The third-order valence-electron chi connectivity index (χ3n) is 1.52. The van der Waals surface area contributed by atoms with Crippen molar-refractivity contribution in [1.29, 1.82) is 5.26 Å². The molecule has 0 aliphatic carbocycles. The molecular weight excluding hydrogens is 162 g/mol. The molecular formula is C11H21NO. The Kier molecular flexibility index (Phi) is 15.5. The predicted molar refractivity (Wildman–Crippen MR) is 55.3 cm³/mol. The zero-order valence-electron chi connectivity index (χ0n) is 9.10. The Hall–Kier alpha value is -0.840. The molecule has 0 aromatic rings. The van der Waals surface area contributed by atoms with Crippen LogP contribution in [0.5, 0.6) is 0 Å². The number of carbonyl (C=O) groups excluding carboxylic acids is 1. The van der Waals surface area contributed by atoms with Crippen LogP contribution in [0.3, 0.4) is 0 Å². The minimum atomic E-state index is 0.307. The number of hydrogen-bond donors (Lipinski definition) is 0. The van der Waals surface area contributed by atoms with E-state index in [-0.39, 0.29) is 0 Å². The van der Waals surface area contributed by atoms with Crippen LogP contribution in [0.4, 0.5) is 0 Å². The van der Waals surface area contributed by atoms with Crippen molar-refractivity contribution < 1.29 is 4.79 Å². The Balaban J connectivity index is 0. The van der Waals surface area contributed by atoms with Crippen molar-refractivity contribution >= 4 is 5.78 Å². The fourth-order valence-electron chi connectivity index (χ4n) is 0.682. The van der Waals surface area contributed by atoms with Crippen LogP contribution in [-0.2, 0) is 4.79 Å². The standard InChI is InChI=1S/C6H12O.C5H9N/c1-3-4-5-6(2)7;1-2-3-4-5-6/h3-5H2,1-2H3;2-4H2,1H3. The highest BCUT2D eigenvalue weighted by atomic mass is 16.1. The summed E-state index contributed by atoms with van der Waals surface area (Å²) in [6, 6.07) is 2.07. The SMILES string of the molecule is CCCCC#N.CCCCC(C)=O. The summed E-state index contributed by atoms with van der Waals surface area (Å²) in [6.07, 6.45) is 5.84. The lowest BCUT2D eigenvalue weighted by Crippen LogP contribution is -1.86. The molecule has 2 nitrogen and oxygen atoms in total. The van der Waals surface area contributed by atoms with Gasteiger partial charge in [0.2, 0.25) is 0 Å². The molecule has 0 heterocycles. The summed E-state index contributed by atoms with van der Waals surface area (Å²) in [4.78, 5) is 10.2. The highest BCUT2D eigenvalue weighted by Crippen LogP contribution is 1.92. The summed E-state index contributed by atoms with van der Waals surface area (Å²) in [5.41, 5.74) is 0. The maximum atomic E-state index is 10.2. The second-order valence-electron chi connectivity index (χ2n) is 3.07. The minimum Gasteiger partial charge on any atom is -0.300 e. The van der Waals surface area contributed by atoms with Crippen molar-refractivity contribution in [2.24, 2.45) is 0 Å². The van der Waals surface area contributed by atoms with Crippen LogP contribution in [0.1, 0.15) is 59.3 Å². The van der Waals surface area contributed by atoms with E-state index in [1.807, 2.05) is 0 Å². The van der Waals surface area contributed by atoms with Gasteiger partial charge < -0.3 is 4.79 Å². The van der Waals surface area contributed by atoms with Crippen molar-refractivity contribution in [2.75, 3.05) is 0 Å². The highest BCUT2D eigenvalue weighted by Gasteiger charge is 1.87. The molecule has 0 aliphatic rings. The quantitative estimate of drug-likeness (QED) is 0.612. The molecule has 0 saturated carbocycles. The van der Waals surface area contributed by atoms with E-state index in [1.54, 1.807) is 6.92 Å². The summed E-state index contributed by atoms with van der Waals surface area (Å²) in [5.74, 6) is 0.307. The molecule has 0 fully saturated rings. The van der Waals surface area contributed by atoms with Gasteiger partial charge in [-0.15, -0.1) is 0 Å². The van der Waals surface area contributed by atoms with Gasteiger partial charge in [-0.2, -0.15) is 5.26 Å². The van der Waals surface area contributed by atoms with E-state index < -0.39 is 0 Å². The second-order valence-corrected chi connectivity index (χ2v) is 3.07. The monoisotopic (exact) mass is 183 g/mol. The van der Waals surface area contributed by atoms with Gasteiger partial charge in [0.05, 0.1) is 6.07 Å². The van der Waals surface area contributed by atoms with Crippen LogP contribution in [-0.4, -0.2) is 5.78 Å². The Morgan fingerprint density at radius 2 is 1.77 bits per heavy atom. The highest BCUT2D eigenvalue weighted by molar-refractivity contribution is 5.75. The number of unbranched alkanes of at least 4 members (excludes halogenated alkanes) is 3. The molecule has 0 spiro atoms. The molecule has 0 radical (unpaired) electrons.